The van der Waals surface area contributed by atoms with Crippen LogP contribution in [-0.2, 0) is 9.53 Å². The van der Waals surface area contributed by atoms with Crippen LogP contribution < -0.4 is 10.6 Å². The normalized spacial score (nSPS) is 28.7. The number of hydrogen-bond acceptors (Lipinski definition) is 4. The molecule has 0 bridgehead atoms. The largest absolute Gasteiger partial charge is 0.479 e. The number of urea groups is 1. The van der Waals surface area contributed by atoms with E-state index in [-0.39, 0.29) is 25.1 Å². The van der Waals surface area contributed by atoms with Gasteiger partial charge < -0.3 is 25.6 Å². The van der Waals surface area contributed by atoms with Gasteiger partial charge in [0, 0.05) is 19.6 Å². The zero-order chi connectivity index (χ0) is 13.8. The molecule has 4 N–H and O–H groups in total. The summed E-state index contributed by atoms with van der Waals surface area (Å²) >= 11 is 0. The van der Waals surface area contributed by atoms with Crippen molar-refractivity contribution in [1.82, 2.24) is 10.6 Å². The average molecular weight is 260 g/mol. The van der Waals surface area contributed by atoms with Crippen LogP contribution in [0.15, 0.2) is 0 Å². The monoisotopic (exact) mass is 260 g/mol. The van der Waals surface area contributed by atoms with Crippen molar-refractivity contribution < 1.29 is 24.5 Å². The molecule has 18 heavy (non-hydrogen) atoms. The molecule has 1 aliphatic heterocycles. The highest BCUT2D eigenvalue weighted by Gasteiger charge is 2.38. The van der Waals surface area contributed by atoms with Crippen molar-refractivity contribution in [3.8, 4) is 0 Å². The van der Waals surface area contributed by atoms with Crippen LogP contribution in [0.1, 0.15) is 26.7 Å². The Morgan fingerprint density at radius 2 is 2.22 bits per heavy atom. The van der Waals surface area contributed by atoms with Crippen LogP contribution in [0.25, 0.3) is 0 Å². The molecule has 1 saturated heterocycles. The highest BCUT2D eigenvalue weighted by molar-refractivity contribution is 5.75. The highest BCUT2D eigenvalue weighted by atomic mass is 16.5. The number of amides is 2. The molecule has 7 nitrogen and oxygen atoms in total. The summed E-state index contributed by atoms with van der Waals surface area (Å²) in [5, 5.41) is 22.8. The molecule has 104 valence electrons. The van der Waals surface area contributed by atoms with Crippen molar-refractivity contribution in [2.45, 2.75) is 44.4 Å². The Hall–Kier alpha value is -1.34. The number of hydrogen-bond donors (Lipinski definition) is 4. The Morgan fingerprint density at radius 3 is 2.72 bits per heavy atom. The number of carboxylic acid groups (broad SMARTS) is 1. The van der Waals surface area contributed by atoms with Gasteiger partial charge in [-0.25, -0.2) is 9.59 Å². The van der Waals surface area contributed by atoms with Crippen molar-refractivity contribution in [2.75, 3.05) is 13.2 Å². The number of nitrogens with one attached hydrogen (secondary N) is 2. The summed E-state index contributed by atoms with van der Waals surface area (Å²) in [4.78, 5) is 21.9. The van der Waals surface area contributed by atoms with E-state index in [0.717, 1.165) is 6.42 Å². The number of ether oxygens (including phenoxy) is 1. The Kier molecular flexibility index (Phi) is 4.92. The SMILES string of the molecule is CC1OCCC1(C)NC(=O)NCC[C@H](O)C(=O)O. The topological polar surface area (TPSA) is 108 Å². The number of aliphatic carboxylic acids is 1. The fourth-order valence-corrected chi connectivity index (χ4v) is 1.75. The van der Waals surface area contributed by atoms with Crippen LogP contribution in [0, 0.1) is 0 Å². The predicted octanol–water partition coefficient (Wildman–Crippen LogP) is -0.311. The Balaban J connectivity index is 2.28. The second-order valence-electron chi connectivity index (χ2n) is 4.70. The van der Waals surface area contributed by atoms with E-state index in [1.165, 1.54) is 0 Å². The molecule has 0 radical (unpaired) electrons. The molecule has 0 spiro atoms. The number of carbonyl (C=O) groups is 2. The van der Waals surface area contributed by atoms with Crippen molar-refractivity contribution in [1.29, 1.82) is 0 Å². The molecular formula is C11H20N2O5. The number of aliphatic hydroxyl groups is 1. The third-order valence-electron chi connectivity index (χ3n) is 3.27. The quantitative estimate of drug-likeness (QED) is 0.542. The maximum absolute atomic E-state index is 11.6. The molecule has 0 aromatic carbocycles. The van der Waals surface area contributed by atoms with Crippen LogP contribution >= 0.6 is 0 Å². The summed E-state index contributed by atoms with van der Waals surface area (Å²) in [6.07, 6.45) is -0.798. The fraction of sp³-hybridized carbons (Fsp3) is 0.818. The lowest BCUT2D eigenvalue weighted by Gasteiger charge is -2.28. The summed E-state index contributed by atoms with van der Waals surface area (Å²) in [6, 6.07) is -0.382. The number of carboxylic acids is 1. The summed E-state index contributed by atoms with van der Waals surface area (Å²) < 4.78 is 5.38. The smallest absolute Gasteiger partial charge is 0.332 e. The van der Waals surface area contributed by atoms with Gasteiger partial charge in [-0.3, -0.25) is 0 Å². The molecule has 0 aromatic rings. The summed E-state index contributed by atoms with van der Waals surface area (Å²) in [5.41, 5.74) is -0.407. The zero-order valence-corrected chi connectivity index (χ0v) is 10.6. The van der Waals surface area contributed by atoms with Gasteiger partial charge in [0.25, 0.3) is 0 Å². The van der Waals surface area contributed by atoms with Crippen molar-refractivity contribution >= 4 is 12.0 Å². The number of aliphatic hydroxyl groups excluding tert-OH is 1. The molecule has 1 heterocycles. The first-order valence-electron chi connectivity index (χ1n) is 5.93. The maximum atomic E-state index is 11.6. The van der Waals surface area contributed by atoms with E-state index in [1.54, 1.807) is 0 Å². The second-order valence-corrected chi connectivity index (χ2v) is 4.70. The van der Waals surface area contributed by atoms with Crippen molar-refractivity contribution in [3.05, 3.63) is 0 Å². The first kappa shape index (κ1) is 14.7. The molecule has 1 aliphatic rings. The second kappa shape index (κ2) is 6.01. The lowest BCUT2D eigenvalue weighted by atomic mass is 9.95. The van der Waals surface area contributed by atoms with Gasteiger partial charge in [0.2, 0.25) is 0 Å². The van der Waals surface area contributed by atoms with E-state index in [0.29, 0.717) is 6.61 Å². The van der Waals surface area contributed by atoms with Crippen molar-refractivity contribution in [2.24, 2.45) is 0 Å². The predicted molar refractivity (Wildman–Crippen MR) is 63.2 cm³/mol. The maximum Gasteiger partial charge on any atom is 0.332 e. The third kappa shape index (κ3) is 3.85. The molecule has 2 unspecified atom stereocenters. The minimum atomic E-state index is -1.45. The van der Waals surface area contributed by atoms with Gasteiger partial charge in [-0.1, -0.05) is 0 Å². The first-order chi connectivity index (χ1) is 8.35. The lowest BCUT2D eigenvalue weighted by Crippen LogP contribution is -2.54. The minimum absolute atomic E-state index is 0.0223. The molecule has 7 heteroatoms. The van der Waals surface area contributed by atoms with E-state index in [2.05, 4.69) is 10.6 Å². The van der Waals surface area contributed by atoms with Crippen molar-refractivity contribution in [3.63, 3.8) is 0 Å². The van der Waals surface area contributed by atoms with Crippen LogP contribution in [0.5, 0.6) is 0 Å². The lowest BCUT2D eigenvalue weighted by molar-refractivity contribution is -0.146. The van der Waals surface area contributed by atoms with E-state index in [4.69, 9.17) is 14.9 Å². The Bertz CT molecular complexity index is 323. The van der Waals surface area contributed by atoms with E-state index >= 15 is 0 Å². The van der Waals surface area contributed by atoms with Crippen LogP contribution in [0.2, 0.25) is 0 Å². The fourth-order valence-electron chi connectivity index (χ4n) is 1.75. The van der Waals surface area contributed by atoms with Gasteiger partial charge >= 0.3 is 12.0 Å². The van der Waals surface area contributed by atoms with Gasteiger partial charge in [-0.15, -0.1) is 0 Å². The summed E-state index contributed by atoms with van der Waals surface area (Å²) in [6.45, 7) is 4.50. The molecule has 0 aromatic heterocycles. The molecule has 1 rings (SSSR count). The summed E-state index contributed by atoms with van der Waals surface area (Å²) in [7, 11) is 0. The molecule has 0 saturated carbocycles. The average Bonchev–Trinajstić information content (AvgIpc) is 2.58. The minimum Gasteiger partial charge on any atom is -0.479 e. The number of rotatable bonds is 5. The molecule has 3 atom stereocenters. The summed E-state index contributed by atoms with van der Waals surface area (Å²) in [5.74, 6) is -1.29. The molecule has 0 aliphatic carbocycles. The molecule has 1 fully saturated rings. The van der Waals surface area contributed by atoms with Gasteiger partial charge in [-0.2, -0.15) is 0 Å². The van der Waals surface area contributed by atoms with Crippen LogP contribution in [0.3, 0.4) is 0 Å². The Labute approximate surface area is 106 Å². The third-order valence-corrected chi connectivity index (χ3v) is 3.27. The molecule has 2 amide bonds. The van der Waals surface area contributed by atoms with Gasteiger partial charge in [0.15, 0.2) is 6.10 Å². The standard InChI is InChI=1S/C11H20N2O5/c1-7-11(2,4-6-18-7)13-10(17)12-5-3-8(14)9(15)16/h7-8,14H,3-6H2,1-2H3,(H,15,16)(H2,12,13,17)/t7?,8-,11?/m0/s1. The van der Waals surface area contributed by atoms with Gasteiger partial charge in [0.05, 0.1) is 11.6 Å². The first-order valence-corrected chi connectivity index (χ1v) is 5.93. The van der Waals surface area contributed by atoms with E-state index in [9.17, 15) is 9.59 Å². The highest BCUT2D eigenvalue weighted by Crippen LogP contribution is 2.24. The van der Waals surface area contributed by atoms with E-state index < -0.39 is 17.6 Å². The van der Waals surface area contributed by atoms with Crippen LogP contribution in [0.4, 0.5) is 4.79 Å². The zero-order valence-electron chi connectivity index (χ0n) is 10.6. The number of carbonyl (C=O) groups excluding carboxylic acids is 1. The van der Waals surface area contributed by atoms with Gasteiger partial charge in [-0.05, 0) is 20.3 Å². The Morgan fingerprint density at radius 1 is 1.56 bits per heavy atom. The van der Waals surface area contributed by atoms with E-state index in [1.807, 2.05) is 13.8 Å². The van der Waals surface area contributed by atoms with Crippen LogP contribution in [-0.4, -0.2) is 53.1 Å². The van der Waals surface area contributed by atoms with Gasteiger partial charge in [0.1, 0.15) is 0 Å². The molecular weight excluding hydrogens is 240 g/mol.